The van der Waals surface area contributed by atoms with Gasteiger partial charge in [0.2, 0.25) is 5.91 Å². The highest BCUT2D eigenvalue weighted by Crippen LogP contribution is 2.12. The minimum Gasteiger partial charge on any atom is -0.354 e. The third-order valence-corrected chi connectivity index (χ3v) is 4.11. The van der Waals surface area contributed by atoms with Gasteiger partial charge in [0.25, 0.3) is 11.6 Å². The van der Waals surface area contributed by atoms with Crippen molar-refractivity contribution in [2.24, 2.45) is 0 Å². The van der Waals surface area contributed by atoms with Crippen LogP contribution in [0.15, 0.2) is 24.3 Å². The molecular weight excluding hydrogens is 312 g/mol. The number of carbonyl (C=O) groups excluding carboxylic acids is 2. The van der Waals surface area contributed by atoms with Crippen molar-refractivity contribution in [2.75, 3.05) is 46.8 Å². The molecule has 1 aromatic rings. The van der Waals surface area contributed by atoms with Crippen molar-refractivity contribution in [1.29, 1.82) is 0 Å². The topological polar surface area (TPSA) is 92.6 Å². The van der Waals surface area contributed by atoms with Gasteiger partial charge in [-0.2, -0.15) is 0 Å². The second kappa shape index (κ2) is 7.39. The number of likely N-dealkylation sites (N-methyl/N-ethyl adjacent to an activating group) is 1. The van der Waals surface area contributed by atoms with Crippen LogP contribution in [0.4, 0.5) is 5.69 Å². The maximum absolute atomic E-state index is 12.0. The number of benzene rings is 1. The van der Waals surface area contributed by atoms with E-state index in [4.69, 9.17) is 0 Å². The number of rotatable bonds is 6. The largest absolute Gasteiger partial charge is 0.354 e. The van der Waals surface area contributed by atoms with Gasteiger partial charge in [0.05, 0.1) is 38.7 Å². The van der Waals surface area contributed by atoms with Gasteiger partial charge in [-0.25, -0.2) is 0 Å². The molecule has 24 heavy (non-hydrogen) atoms. The molecule has 1 N–H and O–H groups in total. The van der Waals surface area contributed by atoms with Crippen LogP contribution >= 0.6 is 0 Å². The highest BCUT2D eigenvalue weighted by molar-refractivity contribution is 5.85. The number of nitrogens with one attached hydrogen (secondary N) is 1. The van der Waals surface area contributed by atoms with E-state index in [-0.39, 0.29) is 24.0 Å². The summed E-state index contributed by atoms with van der Waals surface area (Å²) in [6.45, 7) is 2.35. The Labute approximate surface area is 140 Å². The zero-order chi connectivity index (χ0) is 17.7. The summed E-state index contributed by atoms with van der Waals surface area (Å²) in [6.07, 6.45) is 0.585. The lowest BCUT2D eigenvalue weighted by Gasteiger charge is -2.38. The van der Waals surface area contributed by atoms with E-state index in [0.717, 1.165) is 12.1 Å². The minimum atomic E-state index is -0.443. The Kier molecular flexibility index (Phi) is 5.50. The lowest BCUT2D eigenvalue weighted by Crippen LogP contribution is -2.59. The van der Waals surface area contributed by atoms with Gasteiger partial charge >= 0.3 is 0 Å². The number of quaternary nitrogens is 1. The number of amides is 2. The van der Waals surface area contributed by atoms with Gasteiger partial charge in [0.1, 0.15) is 0 Å². The van der Waals surface area contributed by atoms with Gasteiger partial charge in [0.15, 0.2) is 6.54 Å². The first-order chi connectivity index (χ1) is 11.3. The zero-order valence-electron chi connectivity index (χ0n) is 14.0. The third-order valence-electron chi connectivity index (χ3n) is 4.11. The lowest BCUT2D eigenvalue weighted by molar-refractivity contribution is -0.885. The number of nitro groups is 1. The molecule has 8 nitrogen and oxygen atoms in total. The van der Waals surface area contributed by atoms with E-state index in [2.05, 4.69) is 5.32 Å². The first-order valence-corrected chi connectivity index (χ1v) is 7.87. The summed E-state index contributed by atoms with van der Waals surface area (Å²) < 4.78 is 0.650. The summed E-state index contributed by atoms with van der Waals surface area (Å²) in [4.78, 5) is 35.7. The van der Waals surface area contributed by atoms with Gasteiger partial charge in [-0.05, 0) is 12.0 Å². The van der Waals surface area contributed by atoms with E-state index in [0.29, 0.717) is 30.5 Å². The molecule has 130 valence electrons. The molecule has 0 radical (unpaired) electrons. The van der Waals surface area contributed by atoms with Crippen LogP contribution in [0.5, 0.6) is 0 Å². The molecule has 0 aliphatic carbocycles. The molecule has 1 saturated heterocycles. The molecule has 1 heterocycles. The van der Waals surface area contributed by atoms with Crippen molar-refractivity contribution < 1.29 is 19.0 Å². The summed E-state index contributed by atoms with van der Waals surface area (Å²) in [5.74, 6) is -0.186. The second-order valence-electron chi connectivity index (χ2n) is 6.66. The maximum Gasteiger partial charge on any atom is 0.278 e. The van der Waals surface area contributed by atoms with Crippen molar-refractivity contribution in [3.8, 4) is 0 Å². The molecule has 0 atom stereocenters. The minimum absolute atomic E-state index is 0.00299. The number of piperazine rings is 1. The number of hydrogen-bond donors (Lipinski definition) is 1. The fraction of sp³-hybridized carbons (Fsp3) is 0.500. The van der Waals surface area contributed by atoms with Crippen LogP contribution < -0.4 is 5.32 Å². The molecule has 0 bridgehead atoms. The molecule has 0 saturated carbocycles. The average Bonchev–Trinajstić information content (AvgIpc) is 2.50. The van der Waals surface area contributed by atoms with Gasteiger partial charge in [-0.1, -0.05) is 12.1 Å². The highest BCUT2D eigenvalue weighted by Gasteiger charge is 2.31. The van der Waals surface area contributed by atoms with Gasteiger partial charge in [0, 0.05) is 18.7 Å². The average molecular weight is 335 g/mol. The summed E-state index contributed by atoms with van der Waals surface area (Å²) >= 11 is 0. The molecule has 0 aromatic heterocycles. The van der Waals surface area contributed by atoms with Crippen molar-refractivity contribution >= 4 is 17.5 Å². The van der Waals surface area contributed by atoms with E-state index >= 15 is 0 Å². The Morgan fingerprint density at radius 1 is 1.33 bits per heavy atom. The van der Waals surface area contributed by atoms with E-state index in [9.17, 15) is 19.7 Å². The predicted molar refractivity (Wildman–Crippen MR) is 88.2 cm³/mol. The number of hydrogen-bond acceptors (Lipinski definition) is 4. The van der Waals surface area contributed by atoms with Crippen LogP contribution in [0, 0.1) is 10.1 Å². The zero-order valence-corrected chi connectivity index (χ0v) is 14.0. The predicted octanol–water partition coefficient (Wildman–Crippen LogP) is 0.172. The highest BCUT2D eigenvalue weighted by atomic mass is 16.6. The van der Waals surface area contributed by atoms with Crippen LogP contribution in [0.2, 0.25) is 0 Å². The number of non-ortho nitro benzene ring substituents is 1. The molecule has 0 spiro atoms. The van der Waals surface area contributed by atoms with Gasteiger partial charge < -0.3 is 14.7 Å². The molecule has 1 aliphatic heterocycles. The van der Waals surface area contributed by atoms with Gasteiger partial charge in [-0.3, -0.25) is 19.7 Å². The Morgan fingerprint density at radius 2 is 2.00 bits per heavy atom. The summed E-state index contributed by atoms with van der Waals surface area (Å²) in [5, 5.41) is 13.4. The monoisotopic (exact) mass is 335 g/mol. The number of nitrogens with zero attached hydrogens (tertiary/aromatic N) is 3. The summed E-state index contributed by atoms with van der Waals surface area (Å²) in [7, 11) is 4.00. The van der Waals surface area contributed by atoms with E-state index in [1.807, 2.05) is 14.1 Å². The Hall–Kier alpha value is -2.48. The van der Waals surface area contributed by atoms with Crippen molar-refractivity contribution in [3.05, 3.63) is 39.9 Å². The van der Waals surface area contributed by atoms with Crippen LogP contribution in [0.25, 0.3) is 0 Å². The van der Waals surface area contributed by atoms with Gasteiger partial charge in [-0.15, -0.1) is 0 Å². The molecule has 2 rings (SSSR count). The quantitative estimate of drug-likeness (QED) is 0.456. The van der Waals surface area contributed by atoms with E-state index < -0.39 is 4.92 Å². The Bertz CT molecular complexity index is 627. The van der Waals surface area contributed by atoms with Crippen molar-refractivity contribution in [3.63, 3.8) is 0 Å². The number of nitro benzene ring substituents is 1. The van der Waals surface area contributed by atoms with Crippen LogP contribution in [0.3, 0.4) is 0 Å². The molecular formula is C16H23N4O4+. The van der Waals surface area contributed by atoms with Crippen LogP contribution in [-0.4, -0.2) is 72.9 Å². The summed E-state index contributed by atoms with van der Waals surface area (Å²) in [6, 6.07) is 6.25. The lowest BCUT2D eigenvalue weighted by atomic mass is 10.1. The number of carbonyl (C=O) groups is 2. The summed E-state index contributed by atoms with van der Waals surface area (Å²) in [5.41, 5.74) is 0.960. The first kappa shape index (κ1) is 17.9. The third kappa shape index (κ3) is 5.02. The molecule has 1 aliphatic rings. The fourth-order valence-electron chi connectivity index (χ4n) is 2.59. The smallest absolute Gasteiger partial charge is 0.278 e. The standard InChI is InChI=1S/C16H22N4O4/c1-20(2)10-9-18(16(22)12-20)11-15(21)17-8-7-13-3-5-14(6-4-13)19(23)24/h3-6H,7-12H2,1-2H3/p+1. The Balaban J connectivity index is 1.73. The second-order valence-corrected chi connectivity index (χ2v) is 6.66. The van der Waals surface area contributed by atoms with Crippen molar-refractivity contribution in [2.45, 2.75) is 6.42 Å². The molecule has 8 heteroatoms. The first-order valence-electron chi connectivity index (χ1n) is 7.87. The van der Waals surface area contributed by atoms with Crippen molar-refractivity contribution in [1.82, 2.24) is 10.2 Å². The Morgan fingerprint density at radius 3 is 2.58 bits per heavy atom. The normalized spacial score (nSPS) is 16.8. The SMILES string of the molecule is C[N+]1(C)CCN(CC(=O)NCCc2ccc([N+](=O)[O-])cc2)C(=O)C1. The van der Waals surface area contributed by atoms with E-state index in [1.165, 1.54) is 12.1 Å². The molecule has 1 fully saturated rings. The molecule has 2 amide bonds. The van der Waals surface area contributed by atoms with Crippen LogP contribution in [0.1, 0.15) is 5.56 Å². The molecule has 1 aromatic carbocycles. The molecule has 0 unspecified atom stereocenters. The maximum atomic E-state index is 12.0. The van der Waals surface area contributed by atoms with Crippen LogP contribution in [-0.2, 0) is 16.0 Å². The fourth-order valence-corrected chi connectivity index (χ4v) is 2.59. The van der Waals surface area contributed by atoms with E-state index in [1.54, 1.807) is 17.0 Å².